The van der Waals surface area contributed by atoms with E-state index >= 15 is 0 Å². The van der Waals surface area contributed by atoms with Crippen molar-refractivity contribution in [3.8, 4) is 0 Å². The Kier molecular flexibility index (Phi) is 38.7. The van der Waals surface area contributed by atoms with Crippen LogP contribution in [0.2, 0.25) is 0 Å². The first-order valence-corrected chi connectivity index (χ1v) is 22.8. The third-order valence-corrected chi connectivity index (χ3v) is 9.65. The van der Waals surface area contributed by atoms with Gasteiger partial charge in [-0.25, -0.2) is 4.57 Å². The van der Waals surface area contributed by atoms with Crippen molar-refractivity contribution in [3.63, 3.8) is 0 Å². The molecular formula is C44H78NO8P. The van der Waals surface area contributed by atoms with Crippen LogP contribution in [0.25, 0.3) is 0 Å². The van der Waals surface area contributed by atoms with Gasteiger partial charge in [0.15, 0.2) is 0 Å². The number of nitrogens with one attached hydrogen (secondary N) is 1. The number of esters is 1. The molecule has 3 N–H and O–H groups in total. The number of hydrogen-bond acceptors (Lipinski definition) is 7. The van der Waals surface area contributed by atoms with Gasteiger partial charge in [0.2, 0.25) is 5.91 Å². The zero-order chi connectivity index (χ0) is 39.6. The Hall–Kier alpha value is -2.29. The SMILES string of the molecule is CCCCC/C=C\C/C=C\C/C=C\C/C=C\CCCCCC(=O)OCC(O)COP(=O)(O)OCCNC(=O)CCCCCCC/C=C\CCCCCCC. The van der Waals surface area contributed by atoms with Crippen LogP contribution in [0, 0.1) is 0 Å². The van der Waals surface area contributed by atoms with Gasteiger partial charge in [0, 0.05) is 19.4 Å². The van der Waals surface area contributed by atoms with Gasteiger partial charge >= 0.3 is 13.8 Å². The number of phosphoric acid groups is 1. The molecule has 9 nitrogen and oxygen atoms in total. The molecule has 0 rings (SSSR count). The molecule has 0 heterocycles. The highest BCUT2D eigenvalue weighted by molar-refractivity contribution is 7.47. The van der Waals surface area contributed by atoms with Crippen LogP contribution in [0.5, 0.6) is 0 Å². The highest BCUT2D eigenvalue weighted by atomic mass is 31.2. The van der Waals surface area contributed by atoms with Crippen LogP contribution in [0.1, 0.15) is 174 Å². The van der Waals surface area contributed by atoms with Gasteiger partial charge in [-0.3, -0.25) is 18.6 Å². The minimum atomic E-state index is -4.43. The summed E-state index contributed by atoms with van der Waals surface area (Å²) < 4.78 is 26.8. The number of aliphatic hydroxyl groups is 1. The molecular weight excluding hydrogens is 701 g/mol. The van der Waals surface area contributed by atoms with Gasteiger partial charge in [-0.2, -0.15) is 0 Å². The summed E-state index contributed by atoms with van der Waals surface area (Å²) in [6, 6.07) is 0. The van der Waals surface area contributed by atoms with Crippen molar-refractivity contribution < 1.29 is 37.9 Å². The van der Waals surface area contributed by atoms with Crippen LogP contribution in [0.4, 0.5) is 0 Å². The molecule has 1 amide bonds. The van der Waals surface area contributed by atoms with Crippen molar-refractivity contribution in [1.29, 1.82) is 0 Å². The summed E-state index contributed by atoms with van der Waals surface area (Å²) in [4.78, 5) is 33.9. The molecule has 2 unspecified atom stereocenters. The zero-order valence-electron chi connectivity index (χ0n) is 34.1. The zero-order valence-corrected chi connectivity index (χ0v) is 35.0. The number of carbonyl (C=O) groups excluding carboxylic acids is 2. The molecule has 0 aromatic heterocycles. The molecule has 0 spiro atoms. The third-order valence-electron chi connectivity index (χ3n) is 8.67. The smallest absolute Gasteiger partial charge is 0.463 e. The van der Waals surface area contributed by atoms with Crippen LogP contribution < -0.4 is 5.32 Å². The number of rotatable bonds is 39. The first kappa shape index (κ1) is 51.7. The van der Waals surface area contributed by atoms with Gasteiger partial charge < -0.3 is 20.1 Å². The Balaban J connectivity index is 3.69. The number of ether oxygens (including phenoxy) is 1. The van der Waals surface area contributed by atoms with Gasteiger partial charge in [0.05, 0.1) is 13.2 Å². The molecule has 0 fully saturated rings. The Labute approximate surface area is 329 Å². The summed E-state index contributed by atoms with van der Waals surface area (Å²) in [5.74, 6) is -0.560. The largest absolute Gasteiger partial charge is 0.472 e. The minimum absolute atomic E-state index is 0.0708. The number of carbonyl (C=O) groups is 2. The van der Waals surface area contributed by atoms with E-state index in [4.69, 9.17) is 13.8 Å². The number of phosphoric ester groups is 1. The second kappa shape index (κ2) is 40.4. The van der Waals surface area contributed by atoms with E-state index in [0.717, 1.165) is 70.6 Å². The number of aliphatic hydroxyl groups excluding tert-OH is 1. The highest BCUT2D eigenvalue weighted by Crippen LogP contribution is 2.42. The average molecular weight is 780 g/mol. The van der Waals surface area contributed by atoms with Crippen LogP contribution in [0.3, 0.4) is 0 Å². The summed E-state index contributed by atoms with van der Waals surface area (Å²) in [7, 11) is -4.43. The van der Waals surface area contributed by atoms with Crippen molar-refractivity contribution in [2.24, 2.45) is 0 Å². The fraction of sp³-hybridized carbons (Fsp3) is 0.727. The van der Waals surface area contributed by atoms with Crippen LogP contribution in [-0.2, 0) is 27.9 Å². The molecule has 0 aromatic rings. The summed E-state index contributed by atoms with van der Waals surface area (Å²) in [5, 5.41) is 12.7. The highest BCUT2D eigenvalue weighted by Gasteiger charge is 2.23. The molecule has 312 valence electrons. The van der Waals surface area contributed by atoms with Crippen molar-refractivity contribution >= 4 is 19.7 Å². The Morgan fingerprint density at radius 2 is 1.00 bits per heavy atom. The molecule has 0 saturated heterocycles. The number of amides is 1. The first-order valence-electron chi connectivity index (χ1n) is 21.3. The average Bonchev–Trinajstić information content (AvgIpc) is 3.16. The Morgan fingerprint density at radius 1 is 0.574 bits per heavy atom. The second-order valence-corrected chi connectivity index (χ2v) is 15.4. The summed E-state index contributed by atoms with van der Waals surface area (Å²) >= 11 is 0. The lowest BCUT2D eigenvalue weighted by Crippen LogP contribution is -2.27. The normalized spacial score (nSPS) is 13.9. The maximum absolute atomic E-state index is 12.1. The number of hydrogen-bond donors (Lipinski definition) is 3. The van der Waals surface area contributed by atoms with Crippen LogP contribution in [0.15, 0.2) is 60.8 Å². The quantitative estimate of drug-likeness (QED) is 0.0243. The molecule has 0 aliphatic rings. The van der Waals surface area contributed by atoms with Gasteiger partial charge in [-0.05, 0) is 83.5 Å². The van der Waals surface area contributed by atoms with E-state index in [-0.39, 0.29) is 32.1 Å². The fourth-order valence-electron chi connectivity index (χ4n) is 5.42. The van der Waals surface area contributed by atoms with E-state index in [2.05, 4.69) is 79.9 Å². The first-order chi connectivity index (χ1) is 26.3. The van der Waals surface area contributed by atoms with E-state index in [0.29, 0.717) is 12.8 Å². The number of allylic oxidation sites excluding steroid dienone is 10. The molecule has 10 heteroatoms. The van der Waals surface area contributed by atoms with Crippen molar-refractivity contribution in [3.05, 3.63) is 60.8 Å². The molecule has 0 radical (unpaired) electrons. The van der Waals surface area contributed by atoms with E-state index in [1.54, 1.807) is 0 Å². The second-order valence-electron chi connectivity index (χ2n) is 14.0. The van der Waals surface area contributed by atoms with Gasteiger partial charge in [-0.15, -0.1) is 0 Å². The summed E-state index contributed by atoms with van der Waals surface area (Å²) in [6.45, 7) is 3.46. The molecule has 2 atom stereocenters. The summed E-state index contributed by atoms with van der Waals surface area (Å²) in [5.41, 5.74) is 0. The van der Waals surface area contributed by atoms with Gasteiger partial charge in [0.25, 0.3) is 0 Å². The van der Waals surface area contributed by atoms with Crippen molar-refractivity contribution in [2.45, 2.75) is 180 Å². The van der Waals surface area contributed by atoms with Crippen molar-refractivity contribution in [2.75, 3.05) is 26.4 Å². The minimum Gasteiger partial charge on any atom is -0.463 e. The number of unbranched alkanes of at least 4 members (excludes halogenated alkanes) is 16. The monoisotopic (exact) mass is 780 g/mol. The lowest BCUT2D eigenvalue weighted by molar-refractivity contribution is -0.147. The molecule has 0 saturated carbocycles. The maximum atomic E-state index is 12.1. The lowest BCUT2D eigenvalue weighted by Gasteiger charge is -2.15. The Morgan fingerprint density at radius 3 is 1.57 bits per heavy atom. The topological polar surface area (TPSA) is 131 Å². The van der Waals surface area contributed by atoms with E-state index in [1.165, 1.54) is 70.6 Å². The fourth-order valence-corrected chi connectivity index (χ4v) is 6.17. The molecule has 0 bridgehead atoms. The van der Waals surface area contributed by atoms with Crippen LogP contribution >= 0.6 is 7.82 Å². The molecule has 0 aliphatic carbocycles. The predicted molar refractivity (Wildman–Crippen MR) is 224 cm³/mol. The summed E-state index contributed by atoms with van der Waals surface area (Å²) in [6.07, 6.45) is 47.2. The van der Waals surface area contributed by atoms with Crippen molar-refractivity contribution in [1.82, 2.24) is 5.32 Å². The predicted octanol–water partition coefficient (Wildman–Crippen LogP) is 11.7. The van der Waals surface area contributed by atoms with Gasteiger partial charge in [-0.1, -0.05) is 139 Å². The van der Waals surface area contributed by atoms with Gasteiger partial charge in [0.1, 0.15) is 12.7 Å². The van der Waals surface area contributed by atoms with E-state index in [1.807, 2.05) is 0 Å². The Bertz CT molecular complexity index is 1070. The standard InChI is InChI=1S/C44H78NO8P/c1-3-5-7-9-11-13-15-17-19-20-21-22-23-25-27-29-31-33-35-37-44(48)51-40-42(46)41-53-54(49,50)52-39-38-45-43(47)36-34-32-30-28-26-24-18-16-14-12-10-8-6-4-2/h11,13,16-19,21-22,25,27,42,46H,3-10,12,14-15,20,23-24,26,28-41H2,1-2H3,(H,45,47)(H,49,50)/b13-11-,18-16-,19-17-,22-21-,27-25-. The lowest BCUT2D eigenvalue weighted by atomic mass is 10.1. The third kappa shape index (κ3) is 40.9. The van der Waals surface area contributed by atoms with E-state index in [9.17, 15) is 24.2 Å². The molecule has 0 aliphatic heterocycles. The molecule has 0 aromatic carbocycles. The maximum Gasteiger partial charge on any atom is 0.472 e. The molecule has 54 heavy (non-hydrogen) atoms. The van der Waals surface area contributed by atoms with Crippen LogP contribution in [-0.4, -0.2) is 54.3 Å². The van der Waals surface area contributed by atoms with E-state index < -0.39 is 26.5 Å².